The van der Waals surface area contributed by atoms with Crippen molar-refractivity contribution in [1.82, 2.24) is 4.98 Å². The molecule has 0 fully saturated rings. The molecule has 3 aromatic carbocycles. The number of nitrogens with zero attached hydrogens (tertiary/aromatic N) is 1. The van der Waals surface area contributed by atoms with Crippen molar-refractivity contribution in [1.29, 1.82) is 0 Å². The number of hydrogen-bond acceptors (Lipinski definition) is 4. The normalized spacial score (nSPS) is 12.0. The Morgan fingerprint density at radius 3 is 2.64 bits per heavy atom. The van der Waals surface area contributed by atoms with E-state index in [0.29, 0.717) is 49.5 Å². The second kappa shape index (κ2) is 10.0. The number of carbonyl (C=O) groups excluding carboxylic acids is 1. The van der Waals surface area contributed by atoms with Crippen LogP contribution in [-0.4, -0.2) is 17.5 Å². The highest BCUT2D eigenvalue weighted by molar-refractivity contribution is 6.35. The minimum absolute atomic E-state index is 0.222. The van der Waals surface area contributed by atoms with Gasteiger partial charge in [-0.25, -0.2) is 4.98 Å². The standard InChI is InChI=1S/C25H21Cl3N2O3/c1-3-14(2)15-4-8-23-21(10-15)30-25(33-23)18-12-17(6-7-19(18)27)29-24(31)13-32-22-9-5-16(26)11-20(22)28/h4-12,14H,3,13H2,1-2H3,(H,29,31)/t14-/m0/s1. The molecule has 5 nitrogen and oxygen atoms in total. The lowest BCUT2D eigenvalue weighted by atomic mass is 9.98. The summed E-state index contributed by atoms with van der Waals surface area (Å²) in [5.41, 5.74) is 3.76. The Labute approximate surface area is 206 Å². The first-order valence-corrected chi connectivity index (χ1v) is 11.6. The van der Waals surface area contributed by atoms with E-state index >= 15 is 0 Å². The SMILES string of the molecule is CC[C@H](C)c1ccc2oc(-c3cc(NC(=O)COc4ccc(Cl)cc4Cl)ccc3Cl)nc2c1. The summed E-state index contributed by atoms with van der Waals surface area (Å²) >= 11 is 18.4. The van der Waals surface area contributed by atoms with Crippen LogP contribution >= 0.6 is 34.8 Å². The van der Waals surface area contributed by atoms with Gasteiger partial charge in [-0.05, 0) is 66.4 Å². The van der Waals surface area contributed by atoms with Gasteiger partial charge in [-0.2, -0.15) is 0 Å². The Kier molecular flexibility index (Phi) is 7.13. The molecule has 4 rings (SSSR count). The first-order valence-electron chi connectivity index (χ1n) is 10.4. The average Bonchev–Trinajstić information content (AvgIpc) is 3.22. The summed E-state index contributed by atoms with van der Waals surface area (Å²) in [6.07, 6.45) is 1.04. The molecule has 1 N–H and O–H groups in total. The topological polar surface area (TPSA) is 64.4 Å². The number of anilines is 1. The number of benzene rings is 3. The first-order chi connectivity index (χ1) is 15.8. The van der Waals surface area contributed by atoms with Gasteiger partial charge in [0, 0.05) is 10.7 Å². The minimum Gasteiger partial charge on any atom is -0.482 e. The summed E-state index contributed by atoms with van der Waals surface area (Å²) in [5, 5.41) is 4.07. The molecule has 0 aliphatic heterocycles. The lowest BCUT2D eigenvalue weighted by Gasteiger charge is -2.10. The van der Waals surface area contributed by atoms with Crippen LogP contribution in [0.4, 0.5) is 5.69 Å². The van der Waals surface area contributed by atoms with Crippen molar-refractivity contribution < 1.29 is 13.9 Å². The number of oxazole rings is 1. The van der Waals surface area contributed by atoms with Crippen LogP contribution in [0.3, 0.4) is 0 Å². The van der Waals surface area contributed by atoms with Gasteiger partial charge in [0.2, 0.25) is 5.89 Å². The number of fused-ring (bicyclic) bond motifs is 1. The van der Waals surface area contributed by atoms with Gasteiger partial charge in [-0.1, -0.05) is 54.7 Å². The van der Waals surface area contributed by atoms with E-state index in [0.717, 1.165) is 11.9 Å². The van der Waals surface area contributed by atoms with Gasteiger partial charge in [-0.15, -0.1) is 0 Å². The third-order valence-electron chi connectivity index (χ3n) is 5.33. The second-order valence-corrected chi connectivity index (χ2v) is 8.91. The highest BCUT2D eigenvalue weighted by Crippen LogP contribution is 2.33. The molecule has 1 atom stereocenters. The van der Waals surface area contributed by atoms with Gasteiger partial charge in [0.25, 0.3) is 5.91 Å². The van der Waals surface area contributed by atoms with Gasteiger partial charge in [0.1, 0.15) is 11.3 Å². The van der Waals surface area contributed by atoms with E-state index in [1.54, 1.807) is 36.4 Å². The minimum atomic E-state index is -0.356. The predicted molar refractivity (Wildman–Crippen MR) is 134 cm³/mol. The summed E-state index contributed by atoms with van der Waals surface area (Å²) in [5.74, 6) is 0.833. The van der Waals surface area contributed by atoms with Crippen LogP contribution in [0.1, 0.15) is 31.7 Å². The molecule has 0 saturated carbocycles. The summed E-state index contributed by atoms with van der Waals surface area (Å²) in [4.78, 5) is 17.0. The zero-order valence-corrected chi connectivity index (χ0v) is 20.3. The highest BCUT2D eigenvalue weighted by Gasteiger charge is 2.15. The average molecular weight is 504 g/mol. The summed E-state index contributed by atoms with van der Waals surface area (Å²) in [6.45, 7) is 4.11. The molecular formula is C25H21Cl3N2O3. The van der Waals surface area contributed by atoms with Crippen LogP contribution in [0.2, 0.25) is 15.1 Å². The van der Waals surface area contributed by atoms with Crippen molar-refractivity contribution in [3.8, 4) is 17.2 Å². The third kappa shape index (κ3) is 5.44. The number of hydrogen-bond donors (Lipinski definition) is 1. The summed E-state index contributed by atoms with van der Waals surface area (Å²) < 4.78 is 11.4. The molecule has 0 radical (unpaired) electrons. The maximum atomic E-state index is 12.4. The lowest BCUT2D eigenvalue weighted by Crippen LogP contribution is -2.20. The molecule has 0 aliphatic carbocycles. The fraction of sp³-hybridized carbons (Fsp3) is 0.200. The van der Waals surface area contributed by atoms with Crippen molar-refractivity contribution in [3.63, 3.8) is 0 Å². The largest absolute Gasteiger partial charge is 0.482 e. The maximum absolute atomic E-state index is 12.4. The summed E-state index contributed by atoms with van der Waals surface area (Å²) in [6, 6.07) is 15.9. The number of carbonyl (C=O) groups is 1. The first kappa shape index (κ1) is 23.4. The zero-order chi connectivity index (χ0) is 23.5. The lowest BCUT2D eigenvalue weighted by molar-refractivity contribution is -0.118. The second-order valence-electron chi connectivity index (χ2n) is 7.66. The van der Waals surface area contributed by atoms with Gasteiger partial charge < -0.3 is 14.5 Å². The van der Waals surface area contributed by atoms with Crippen LogP contribution in [-0.2, 0) is 4.79 Å². The van der Waals surface area contributed by atoms with Crippen LogP contribution in [0, 0.1) is 0 Å². The molecule has 4 aromatic rings. The van der Waals surface area contributed by atoms with E-state index in [4.69, 9.17) is 44.0 Å². The molecule has 1 heterocycles. The predicted octanol–water partition coefficient (Wildman–Crippen LogP) is 7.99. The molecule has 1 aromatic heterocycles. The van der Waals surface area contributed by atoms with Crippen molar-refractivity contribution in [2.24, 2.45) is 0 Å². The van der Waals surface area contributed by atoms with Crippen LogP contribution in [0.15, 0.2) is 59.0 Å². The zero-order valence-electron chi connectivity index (χ0n) is 18.0. The van der Waals surface area contributed by atoms with Crippen molar-refractivity contribution in [3.05, 3.63) is 75.2 Å². The van der Waals surface area contributed by atoms with Crippen molar-refractivity contribution >= 4 is 57.5 Å². The van der Waals surface area contributed by atoms with Crippen LogP contribution in [0.5, 0.6) is 5.75 Å². The fourth-order valence-electron chi connectivity index (χ4n) is 3.30. The fourth-order valence-corrected chi connectivity index (χ4v) is 3.96. The smallest absolute Gasteiger partial charge is 0.262 e. The number of halogens is 3. The Balaban J connectivity index is 1.51. The molecule has 33 heavy (non-hydrogen) atoms. The van der Waals surface area contributed by atoms with Crippen LogP contribution < -0.4 is 10.1 Å². The molecule has 0 aliphatic rings. The number of rotatable bonds is 7. The van der Waals surface area contributed by atoms with E-state index in [-0.39, 0.29) is 12.5 Å². The Morgan fingerprint density at radius 1 is 1.06 bits per heavy atom. The van der Waals surface area contributed by atoms with Gasteiger partial charge in [0.05, 0.1) is 15.6 Å². The molecule has 0 saturated heterocycles. The van der Waals surface area contributed by atoms with E-state index < -0.39 is 0 Å². The van der Waals surface area contributed by atoms with Gasteiger partial charge in [0.15, 0.2) is 12.2 Å². The molecule has 170 valence electrons. The monoisotopic (exact) mass is 502 g/mol. The molecular weight excluding hydrogens is 483 g/mol. The van der Waals surface area contributed by atoms with E-state index in [1.165, 1.54) is 5.56 Å². The molecule has 0 bridgehead atoms. The molecule has 1 amide bonds. The Morgan fingerprint density at radius 2 is 1.88 bits per heavy atom. The van der Waals surface area contributed by atoms with Crippen LogP contribution in [0.25, 0.3) is 22.6 Å². The van der Waals surface area contributed by atoms with E-state index in [9.17, 15) is 4.79 Å². The van der Waals surface area contributed by atoms with Crippen molar-refractivity contribution in [2.75, 3.05) is 11.9 Å². The van der Waals surface area contributed by atoms with Gasteiger partial charge in [-0.3, -0.25) is 4.79 Å². The molecule has 8 heteroatoms. The number of aromatic nitrogens is 1. The van der Waals surface area contributed by atoms with E-state index in [2.05, 4.69) is 30.2 Å². The molecule has 0 unspecified atom stereocenters. The Bertz CT molecular complexity index is 1320. The molecule has 0 spiro atoms. The highest BCUT2D eigenvalue weighted by atomic mass is 35.5. The number of amides is 1. The van der Waals surface area contributed by atoms with Crippen molar-refractivity contribution in [2.45, 2.75) is 26.2 Å². The van der Waals surface area contributed by atoms with Gasteiger partial charge >= 0.3 is 0 Å². The summed E-state index contributed by atoms with van der Waals surface area (Å²) in [7, 11) is 0. The quantitative estimate of drug-likeness (QED) is 0.277. The Hall–Kier alpha value is -2.73. The maximum Gasteiger partial charge on any atom is 0.262 e. The third-order valence-corrected chi connectivity index (χ3v) is 6.19. The number of nitrogens with one attached hydrogen (secondary N) is 1. The number of ether oxygens (including phenoxy) is 1. The van der Waals surface area contributed by atoms with E-state index in [1.807, 2.05) is 12.1 Å².